The summed E-state index contributed by atoms with van der Waals surface area (Å²) >= 11 is 0. The van der Waals surface area contributed by atoms with Crippen LogP contribution in [0.25, 0.3) is 0 Å². The molecular weight excluding hydrogens is 425 g/mol. The van der Waals surface area contributed by atoms with Crippen molar-refractivity contribution in [2.75, 3.05) is 23.4 Å². The molecule has 1 fully saturated rings. The van der Waals surface area contributed by atoms with Gasteiger partial charge in [-0.05, 0) is 37.6 Å². The summed E-state index contributed by atoms with van der Waals surface area (Å²) < 4.78 is 68.5. The van der Waals surface area contributed by atoms with E-state index in [9.17, 15) is 26.0 Å². The van der Waals surface area contributed by atoms with Crippen molar-refractivity contribution in [3.63, 3.8) is 0 Å². The lowest BCUT2D eigenvalue weighted by Gasteiger charge is -2.20. The van der Waals surface area contributed by atoms with Crippen LogP contribution in [0.2, 0.25) is 0 Å². The molecule has 29 heavy (non-hydrogen) atoms. The standard InChI is InChI=1S/C17H20FN3O6S2/c1-10-5-12(18)3-4-14(10)29(25,26)15-9-28(23,24)8-13(15)19-7-17(22)20-16-6-11(2)27-21-16/h3-6,13,15,19H,7-9H2,1-2H3,(H,20,21,22)/t13-,15-/m0/s1. The summed E-state index contributed by atoms with van der Waals surface area (Å²) in [7, 11) is -7.71. The molecule has 0 spiro atoms. The van der Waals surface area contributed by atoms with E-state index in [2.05, 4.69) is 15.8 Å². The molecule has 9 nitrogen and oxygen atoms in total. The largest absolute Gasteiger partial charge is 0.360 e. The number of carbonyl (C=O) groups excluding carboxylic acids is 1. The number of rotatable bonds is 6. The van der Waals surface area contributed by atoms with Crippen molar-refractivity contribution in [1.29, 1.82) is 0 Å². The van der Waals surface area contributed by atoms with Gasteiger partial charge in [-0.15, -0.1) is 0 Å². The highest BCUT2D eigenvalue weighted by Crippen LogP contribution is 2.28. The molecule has 1 aliphatic rings. The van der Waals surface area contributed by atoms with E-state index in [1.54, 1.807) is 6.92 Å². The third-order valence-electron chi connectivity index (χ3n) is 4.56. The number of nitrogens with one attached hydrogen (secondary N) is 2. The number of carbonyl (C=O) groups is 1. The monoisotopic (exact) mass is 445 g/mol. The summed E-state index contributed by atoms with van der Waals surface area (Å²) in [6.45, 7) is 2.77. The molecule has 0 unspecified atom stereocenters. The molecule has 0 saturated carbocycles. The number of amides is 1. The van der Waals surface area contributed by atoms with Crippen molar-refractivity contribution >= 4 is 31.4 Å². The van der Waals surface area contributed by atoms with Gasteiger partial charge in [0, 0.05) is 12.1 Å². The Morgan fingerprint density at radius 1 is 1.28 bits per heavy atom. The SMILES string of the molecule is Cc1cc(NC(=O)CN[C@H]2CS(=O)(=O)C[C@@H]2S(=O)(=O)c2ccc(F)cc2C)no1. The van der Waals surface area contributed by atoms with Crippen LogP contribution in [0.5, 0.6) is 0 Å². The first-order chi connectivity index (χ1) is 13.5. The summed E-state index contributed by atoms with van der Waals surface area (Å²) in [6.07, 6.45) is 0. The fourth-order valence-corrected chi connectivity index (χ4v) is 8.19. The van der Waals surface area contributed by atoms with Crippen LogP contribution >= 0.6 is 0 Å². The molecule has 158 valence electrons. The Kier molecular flexibility index (Phi) is 5.79. The van der Waals surface area contributed by atoms with Gasteiger partial charge in [0.05, 0.1) is 28.2 Å². The van der Waals surface area contributed by atoms with Crippen LogP contribution < -0.4 is 10.6 Å². The normalized spacial score (nSPS) is 21.2. The van der Waals surface area contributed by atoms with Crippen LogP contribution in [0.3, 0.4) is 0 Å². The zero-order valence-corrected chi connectivity index (χ0v) is 17.3. The van der Waals surface area contributed by atoms with Crippen molar-refractivity contribution < 1.29 is 30.5 Å². The molecular formula is C17H20FN3O6S2. The lowest BCUT2D eigenvalue weighted by Crippen LogP contribution is -2.46. The van der Waals surface area contributed by atoms with Gasteiger partial charge in [0.25, 0.3) is 0 Å². The van der Waals surface area contributed by atoms with Crippen LogP contribution in [0.15, 0.2) is 33.7 Å². The lowest BCUT2D eigenvalue weighted by molar-refractivity contribution is -0.115. The Hall–Kier alpha value is -2.31. The van der Waals surface area contributed by atoms with Gasteiger partial charge in [-0.2, -0.15) is 0 Å². The number of anilines is 1. The predicted molar refractivity (Wildman–Crippen MR) is 102 cm³/mol. The van der Waals surface area contributed by atoms with E-state index >= 15 is 0 Å². The lowest BCUT2D eigenvalue weighted by atomic mass is 10.2. The Balaban J connectivity index is 1.77. The number of nitrogens with zero attached hydrogens (tertiary/aromatic N) is 1. The zero-order chi connectivity index (χ0) is 21.4. The molecule has 0 bridgehead atoms. The van der Waals surface area contributed by atoms with Crippen molar-refractivity contribution in [2.45, 2.75) is 30.0 Å². The summed E-state index contributed by atoms with van der Waals surface area (Å²) in [5.41, 5.74) is 0.187. The highest BCUT2D eigenvalue weighted by atomic mass is 32.2. The van der Waals surface area contributed by atoms with E-state index < -0.39 is 54.2 Å². The van der Waals surface area contributed by atoms with Gasteiger partial charge in [-0.1, -0.05) is 5.16 Å². The second kappa shape index (κ2) is 7.84. The maximum absolute atomic E-state index is 13.3. The van der Waals surface area contributed by atoms with E-state index in [-0.39, 0.29) is 22.8 Å². The molecule has 1 aliphatic heterocycles. The van der Waals surface area contributed by atoms with E-state index in [0.29, 0.717) is 5.76 Å². The molecule has 2 atom stereocenters. The van der Waals surface area contributed by atoms with Crippen molar-refractivity contribution in [3.05, 3.63) is 41.4 Å². The maximum Gasteiger partial charge on any atom is 0.239 e. The number of sulfone groups is 2. The van der Waals surface area contributed by atoms with Gasteiger partial charge >= 0.3 is 0 Å². The molecule has 1 aromatic carbocycles. The Bertz CT molecular complexity index is 1140. The first kappa shape index (κ1) is 21.4. The first-order valence-corrected chi connectivity index (χ1v) is 12.0. The van der Waals surface area contributed by atoms with Gasteiger partial charge in [-0.25, -0.2) is 21.2 Å². The quantitative estimate of drug-likeness (QED) is 0.617. The van der Waals surface area contributed by atoms with E-state index in [1.807, 2.05) is 0 Å². The molecule has 3 rings (SSSR count). The first-order valence-electron chi connectivity index (χ1n) is 8.65. The third kappa shape index (κ3) is 4.82. The molecule has 1 aromatic heterocycles. The highest BCUT2D eigenvalue weighted by Gasteiger charge is 2.46. The Labute approximate surface area is 167 Å². The zero-order valence-electron chi connectivity index (χ0n) is 15.7. The second-order valence-corrected chi connectivity index (χ2v) is 11.2. The van der Waals surface area contributed by atoms with Gasteiger partial charge in [0.2, 0.25) is 5.91 Å². The van der Waals surface area contributed by atoms with Gasteiger partial charge < -0.3 is 15.2 Å². The molecule has 1 amide bonds. The number of hydrogen-bond donors (Lipinski definition) is 2. The average Bonchev–Trinajstić information content (AvgIpc) is 3.15. The molecule has 12 heteroatoms. The smallest absolute Gasteiger partial charge is 0.239 e. The minimum atomic E-state index is -4.08. The topological polar surface area (TPSA) is 135 Å². The Morgan fingerprint density at radius 2 is 2.00 bits per heavy atom. The fourth-order valence-electron chi connectivity index (χ4n) is 3.24. The third-order valence-corrected chi connectivity index (χ3v) is 8.87. The van der Waals surface area contributed by atoms with Gasteiger partial charge in [0.15, 0.2) is 25.5 Å². The second-order valence-electron chi connectivity index (χ2n) is 6.93. The van der Waals surface area contributed by atoms with Crippen molar-refractivity contribution in [1.82, 2.24) is 10.5 Å². The predicted octanol–water partition coefficient (Wildman–Crippen LogP) is 0.598. The van der Waals surface area contributed by atoms with E-state index in [1.165, 1.54) is 13.0 Å². The van der Waals surface area contributed by atoms with E-state index in [0.717, 1.165) is 18.2 Å². The Morgan fingerprint density at radius 3 is 2.62 bits per heavy atom. The summed E-state index contributed by atoms with van der Waals surface area (Å²) in [5, 5.41) is 7.50. The summed E-state index contributed by atoms with van der Waals surface area (Å²) in [6, 6.07) is 3.73. The highest BCUT2D eigenvalue weighted by molar-refractivity contribution is 7.96. The van der Waals surface area contributed by atoms with Crippen LogP contribution in [0.1, 0.15) is 11.3 Å². The van der Waals surface area contributed by atoms with Crippen LogP contribution in [0.4, 0.5) is 10.2 Å². The minimum absolute atomic E-state index is 0.129. The van der Waals surface area contributed by atoms with Crippen LogP contribution in [-0.2, 0) is 24.5 Å². The number of hydrogen-bond acceptors (Lipinski definition) is 8. The summed E-state index contributed by atoms with van der Waals surface area (Å²) in [5.74, 6) is -1.43. The number of aryl methyl sites for hydroxylation is 2. The molecule has 1 saturated heterocycles. The number of benzene rings is 1. The number of aromatic nitrogens is 1. The maximum atomic E-state index is 13.3. The summed E-state index contributed by atoms with van der Waals surface area (Å²) in [4.78, 5) is 11.9. The molecule has 0 radical (unpaired) electrons. The molecule has 2 heterocycles. The molecule has 2 aromatic rings. The minimum Gasteiger partial charge on any atom is -0.360 e. The van der Waals surface area contributed by atoms with Crippen molar-refractivity contribution in [3.8, 4) is 0 Å². The molecule has 0 aliphatic carbocycles. The molecule has 2 N–H and O–H groups in total. The van der Waals surface area contributed by atoms with E-state index in [4.69, 9.17) is 4.52 Å². The van der Waals surface area contributed by atoms with Crippen LogP contribution in [0, 0.1) is 19.7 Å². The van der Waals surface area contributed by atoms with Gasteiger partial charge in [0.1, 0.15) is 11.6 Å². The average molecular weight is 445 g/mol. The number of halogens is 1. The van der Waals surface area contributed by atoms with Crippen molar-refractivity contribution in [2.24, 2.45) is 0 Å². The van der Waals surface area contributed by atoms with Crippen LogP contribution in [-0.4, -0.2) is 57.2 Å². The fraction of sp³-hybridized carbons (Fsp3) is 0.412. The van der Waals surface area contributed by atoms with Gasteiger partial charge in [-0.3, -0.25) is 4.79 Å².